The number of rotatable bonds is 8. The van der Waals surface area contributed by atoms with Gasteiger partial charge in [0.2, 0.25) is 0 Å². The molecule has 0 atom stereocenters. The third kappa shape index (κ3) is 5.70. The van der Waals surface area contributed by atoms with E-state index in [-0.39, 0.29) is 5.91 Å². The molecule has 0 bridgehead atoms. The Balaban J connectivity index is 1.71. The highest BCUT2D eigenvalue weighted by molar-refractivity contribution is 5.93. The quantitative estimate of drug-likeness (QED) is 0.757. The van der Waals surface area contributed by atoms with Gasteiger partial charge in [-0.2, -0.15) is 0 Å². The first-order valence-electron chi connectivity index (χ1n) is 8.27. The van der Waals surface area contributed by atoms with Gasteiger partial charge in [-0.25, -0.2) is 0 Å². The molecule has 4 heteroatoms. The number of ether oxygens (including phenoxy) is 1. The van der Waals surface area contributed by atoms with E-state index in [1.54, 1.807) is 7.05 Å². The standard InChI is InChI=1S/C20H26N2O2/c1-16-6-4-7-19(14-16)24-13-5-12-22(3)15-17-8-10-18(11-9-17)20(23)21-2/h4,6-11,14H,5,12-13,15H2,1-3H3,(H,21,23). The fraction of sp³-hybridized carbons (Fsp3) is 0.350. The number of nitrogens with zero attached hydrogens (tertiary/aromatic N) is 1. The Kier molecular flexibility index (Phi) is 6.82. The van der Waals surface area contributed by atoms with Crippen molar-refractivity contribution in [1.29, 1.82) is 0 Å². The molecule has 0 unspecified atom stereocenters. The molecule has 2 aromatic carbocycles. The minimum atomic E-state index is -0.0526. The molecule has 2 rings (SSSR count). The topological polar surface area (TPSA) is 41.6 Å². The lowest BCUT2D eigenvalue weighted by Gasteiger charge is -2.17. The van der Waals surface area contributed by atoms with Crippen LogP contribution < -0.4 is 10.1 Å². The number of hydrogen-bond donors (Lipinski definition) is 1. The average Bonchev–Trinajstić information content (AvgIpc) is 2.59. The van der Waals surface area contributed by atoms with Gasteiger partial charge in [0.05, 0.1) is 6.61 Å². The van der Waals surface area contributed by atoms with Crippen molar-refractivity contribution in [3.05, 3.63) is 65.2 Å². The molecule has 128 valence electrons. The highest BCUT2D eigenvalue weighted by Crippen LogP contribution is 2.12. The summed E-state index contributed by atoms with van der Waals surface area (Å²) >= 11 is 0. The molecular formula is C20H26N2O2. The molecule has 0 aliphatic rings. The Morgan fingerprint density at radius 2 is 1.92 bits per heavy atom. The summed E-state index contributed by atoms with van der Waals surface area (Å²) in [6, 6.07) is 15.9. The van der Waals surface area contributed by atoms with Gasteiger partial charge < -0.3 is 15.0 Å². The second-order valence-corrected chi connectivity index (χ2v) is 6.03. The number of hydrogen-bond acceptors (Lipinski definition) is 3. The Morgan fingerprint density at radius 3 is 2.58 bits per heavy atom. The summed E-state index contributed by atoms with van der Waals surface area (Å²) in [6.07, 6.45) is 0.973. The Bertz CT molecular complexity index is 653. The molecule has 1 N–H and O–H groups in total. The van der Waals surface area contributed by atoms with Crippen molar-refractivity contribution in [3.63, 3.8) is 0 Å². The van der Waals surface area contributed by atoms with Crippen LogP contribution in [-0.2, 0) is 6.54 Å². The van der Waals surface area contributed by atoms with Gasteiger partial charge in [-0.15, -0.1) is 0 Å². The molecule has 0 saturated carbocycles. The maximum absolute atomic E-state index is 11.5. The number of nitrogens with one attached hydrogen (secondary N) is 1. The van der Waals surface area contributed by atoms with Crippen LogP contribution in [-0.4, -0.2) is 38.1 Å². The highest BCUT2D eigenvalue weighted by atomic mass is 16.5. The number of benzene rings is 2. The summed E-state index contributed by atoms with van der Waals surface area (Å²) in [5.41, 5.74) is 3.10. The lowest BCUT2D eigenvalue weighted by atomic mass is 10.1. The summed E-state index contributed by atoms with van der Waals surface area (Å²) < 4.78 is 5.77. The molecule has 0 radical (unpaired) electrons. The van der Waals surface area contributed by atoms with Crippen LogP contribution in [0.25, 0.3) is 0 Å². The zero-order chi connectivity index (χ0) is 17.4. The summed E-state index contributed by atoms with van der Waals surface area (Å²) in [7, 11) is 3.74. The number of carbonyl (C=O) groups excluding carboxylic acids is 1. The highest BCUT2D eigenvalue weighted by Gasteiger charge is 2.04. The van der Waals surface area contributed by atoms with Crippen molar-refractivity contribution in [2.45, 2.75) is 19.9 Å². The molecule has 0 spiro atoms. The predicted molar refractivity (Wildman–Crippen MR) is 97.5 cm³/mol. The summed E-state index contributed by atoms with van der Waals surface area (Å²) in [5.74, 6) is 0.880. The fourth-order valence-corrected chi connectivity index (χ4v) is 2.53. The molecule has 2 aromatic rings. The van der Waals surface area contributed by atoms with E-state index in [0.29, 0.717) is 12.2 Å². The number of carbonyl (C=O) groups is 1. The monoisotopic (exact) mass is 326 g/mol. The minimum Gasteiger partial charge on any atom is -0.494 e. The van der Waals surface area contributed by atoms with Crippen molar-refractivity contribution < 1.29 is 9.53 Å². The lowest BCUT2D eigenvalue weighted by Crippen LogP contribution is -2.21. The van der Waals surface area contributed by atoms with Crippen molar-refractivity contribution in [2.75, 3.05) is 27.2 Å². The van der Waals surface area contributed by atoms with Gasteiger partial charge in [0.1, 0.15) is 5.75 Å². The van der Waals surface area contributed by atoms with E-state index in [1.807, 2.05) is 36.4 Å². The number of amides is 1. The normalized spacial score (nSPS) is 10.7. The second kappa shape index (κ2) is 9.08. The van der Waals surface area contributed by atoms with Crippen LogP contribution >= 0.6 is 0 Å². The van der Waals surface area contributed by atoms with Gasteiger partial charge >= 0.3 is 0 Å². The first-order valence-corrected chi connectivity index (χ1v) is 8.27. The van der Waals surface area contributed by atoms with Gasteiger partial charge in [0.25, 0.3) is 5.91 Å². The van der Waals surface area contributed by atoms with E-state index >= 15 is 0 Å². The van der Waals surface area contributed by atoms with E-state index in [0.717, 1.165) is 25.3 Å². The van der Waals surface area contributed by atoms with Crippen LogP contribution in [0.3, 0.4) is 0 Å². The average molecular weight is 326 g/mol. The van der Waals surface area contributed by atoms with Gasteiger partial charge in [-0.1, -0.05) is 24.3 Å². The minimum absolute atomic E-state index is 0.0526. The summed E-state index contributed by atoms with van der Waals surface area (Å²) in [6.45, 7) is 4.60. The second-order valence-electron chi connectivity index (χ2n) is 6.03. The van der Waals surface area contributed by atoms with Crippen LogP contribution in [0.15, 0.2) is 48.5 Å². The molecule has 0 aliphatic carbocycles. The maximum atomic E-state index is 11.5. The van der Waals surface area contributed by atoms with Crippen molar-refractivity contribution in [2.24, 2.45) is 0 Å². The molecule has 1 amide bonds. The molecule has 4 nitrogen and oxygen atoms in total. The SMILES string of the molecule is CNC(=O)c1ccc(CN(C)CCCOc2cccc(C)c2)cc1. The van der Waals surface area contributed by atoms with Crippen molar-refractivity contribution in [1.82, 2.24) is 10.2 Å². The lowest BCUT2D eigenvalue weighted by molar-refractivity contribution is 0.0963. The van der Waals surface area contributed by atoms with E-state index < -0.39 is 0 Å². The molecule has 24 heavy (non-hydrogen) atoms. The Hall–Kier alpha value is -2.33. The predicted octanol–water partition coefficient (Wildman–Crippen LogP) is 3.26. The van der Waals surface area contributed by atoms with E-state index in [4.69, 9.17) is 4.74 Å². The largest absolute Gasteiger partial charge is 0.494 e. The van der Waals surface area contributed by atoms with Crippen molar-refractivity contribution >= 4 is 5.91 Å². The fourth-order valence-electron chi connectivity index (χ4n) is 2.53. The summed E-state index contributed by atoms with van der Waals surface area (Å²) in [5, 5.41) is 2.63. The molecular weight excluding hydrogens is 300 g/mol. The zero-order valence-electron chi connectivity index (χ0n) is 14.7. The van der Waals surface area contributed by atoms with Crippen molar-refractivity contribution in [3.8, 4) is 5.75 Å². The van der Waals surface area contributed by atoms with Crippen LogP contribution in [0.2, 0.25) is 0 Å². The molecule has 0 saturated heterocycles. The molecule has 0 heterocycles. The van der Waals surface area contributed by atoms with Crippen LogP contribution in [0.1, 0.15) is 27.9 Å². The number of aryl methyl sites for hydroxylation is 1. The van der Waals surface area contributed by atoms with E-state index in [1.165, 1.54) is 11.1 Å². The van der Waals surface area contributed by atoms with E-state index in [2.05, 4.69) is 36.3 Å². The Morgan fingerprint density at radius 1 is 1.17 bits per heavy atom. The zero-order valence-corrected chi connectivity index (χ0v) is 14.7. The van der Waals surface area contributed by atoms with Gasteiger partial charge in [0, 0.05) is 25.7 Å². The smallest absolute Gasteiger partial charge is 0.251 e. The molecule has 0 fully saturated rings. The van der Waals surface area contributed by atoms with Gasteiger partial charge in [0.15, 0.2) is 0 Å². The third-order valence-corrected chi connectivity index (χ3v) is 3.84. The Labute approximate surface area is 144 Å². The van der Waals surface area contributed by atoms with Crippen LogP contribution in [0.4, 0.5) is 0 Å². The molecule has 0 aromatic heterocycles. The van der Waals surface area contributed by atoms with Gasteiger partial charge in [-0.05, 0) is 55.8 Å². The first kappa shape index (κ1) is 18.0. The van der Waals surface area contributed by atoms with Crippen LogP contribution in [0, 0.1) is 6.92 Å². The first-order chi connectivity index (χ1) is 11.6. The van der Waals surface area contributed by atoms with Crippen LogP contribution in [0.5, 0.6) is 5.75 Å². The van der Waals surface area contributed by atoms with E-state index in [9.17, 15) is 4.79 Å². The molecule has 0 aliphatic heterocycles. The summed E-state index contributed by atoms with van der Waals surface area (Å²) in [4.78, 5) is 13.8. The third-order valence-electron chi connectivity index (χ3n) is 3.84. The van der Waals surface area contributed by atoms with Gasteiger partial charge in [-0.3, -0.25) is 4.79 Å². The maximum Gasteiger partial charge on any atom is 0.251 e.